The van der Waals surface area contributed by atoms with E-state index in [1.807, 2.05) is 50.2 Å². The largest absolute Gasteiger partial charge is 0.507 e. The zero-order chi connectivity index (χ0) is 24.9. The third-order valence-electron chi connectivity index (χ3n) is 5.94. The van der Waals surface area contributed by atoms with Crippen LogP contribution >= 0.6 is 0 Å². The Labute approximate surface area is 205 Å². The molecule has 0 saturated carbocycles. The first kappa shape index (κ1) is 24.2. The van der Waals surface area contributed by atoms with Crippen molar-refractivity contribution in [3.05, 3.63) is 101 Å². The molecule has 1 atom stereocenters. The van der Waals surface area contributed by atoms with Crippen molar-refractivity contribution in [2.75, 3.05) is 27.2 Å². The summed E-state index contributed by atoms with van der Waals surface area (Å²) in [6.07, 6.45) is 3.25. The highest BCUT2D eigenvalue weighted by atomic mass is 16.5. The highest BCUT2D eigenvalue weighted by molar-refractivity contribution is 6.46. The number of hydrogen-bond donors (Lipinski definition) is 1. The maximum atomic E-state index is 13.0. The summed E-state index contributed by atoms with van der Waals surface area (Å²) >= 11 is 0. The smallest absolute Gasteiger partial charge is 0.295 e. The lowest BCUT2D eigenvalue weighted by molar-refractivity contribution is -0.140. The standard InChI is InChI=1S/C28H29N3O4/c1-19-6-4-7-20(16-19)18-35-23-11-9-21(10-12-23)26(32)24-25(22-8-5-13-29-17-22)31(15-14-30(2)3)28(34)27(24)33/h4-13,16-17,25,32H,14-15,18H2,1-3H3. The number of carbonyl (C=O) groups excluding carboxylic acids is 2. The van der Waals surface area contributed by atoms with Gasteiger partial charge in [0, 0.05) is 31.0 Å². The van der Waals surface area contributed by atoms with E-state index in [2.05, 4.69) is 11.1 Å². The number of ether oxygens (including phenoxy) is 1. The molecule has 4 rings (SSSR count). The zero-order valence-corrected chi connectivity index (χ0v) is 20.1. The molecule has 1 fully saturated rings. The van der Waals surface area contributed by atoms with Gasteiger partial charge in [0.25, 0.3) is 11.7 Å². The summed E-state index contributed by atoms with van der Waals surface area (Å²) in [4.78, 5) is 33.6. The monoisotopic (exact) mass is 471 g/mol. The van der Waals surface area contributed by atoms with Crippen LogP contribution in [0.15, 0.2) is 78.6 Å². The van der Waals surface area contributed by atoms with Crippen molar-refractivity contribution in [1.29, 1.82) is 0 Å². The van der Waals surface area contributed by atoms with Crippen LogP contribution in [-0.4, -0.2) is 58.8 Å². The van der Waals surface area contributed by atoms with Crippen molar-refractivity contribution in [2.45, 2.75) is 19.6 Å². The molecule has 7 heteroatoms. The molecular weight excluding hydrogens is 442 g/mol. The predicted molar refractivity (Wildman–Crippen MR) is 134 cm³/mol. The first-order chi connectivity index (χ1) is 16.8. The molecule has 0 aliphatic carbocycles. The molecule has 7 nitrogen and oxygen atoms in total. The molecule has 0 bridgehead atoms. The summed E-state index contributed by atoms with van der Waals surface area (Å²) in [6, 6.07) is 17.8. The summed E-state index contributed by atoms with van der Waals surface area (Å²) in [5, 5.41) is 11.2. The van der Waals surface area contributed by atoms with Gasteiger partial charge in [-0.1, -0.05) is 35.9 Å². The number of aryl methyl sites for hydroxylation is 1. The Bertz CT molecular complexity index is 1240. The number of pyridine rings is 1. The first-order valence-electron chi connectivity index (χ1n) is 11.5. The van der Waals surface area contributed by atoms with Crippen LogP contribution in [0.4, 0.5) is 0 Å². The van der Waals surface area contributed by atoms with Crippen molar-refractivity contribution in [3.63, 3.8) is 0 Å². The Balaban J connectivity index is 1.62. The zero-order valence-electron chi connectivity index (χ0n) is 20.1. The van der Waals surface area contributed by atoms with Crippen molar-refractivity contribution < 1.29 is 19.4 Å². The molecule has 2 heterocycles. The van der Waals surface area contributed by atoms with Crippen molar-refractivity contribution in [3.8, 4) is 5.75 Å². The van der Waals surface area contributed by atoms with E-state index in [1.165, 1.54) is 4.90 Å². The van der Waals surface area contributed by atoms with E-state index in [1.54, 1.807) is 42.7 Å². The number of hydrogen-bond acceptors (Lipinski definition) is 6. The Morgan fingerprint density at radius 3 is 2.51 bits per heavy atom. The Kier molecular flexibility index (Phi) is 7.27. The van der Waals surface area contributed by atoms with Crippen LogP contribution in [-0.2, 0) is 16.2 Å². The second-order valence-electron chi connectivity index (χ2n) is 8.88. The number of aliphatic hydroxyl groups excluding tert-OH is 1. The number of aromatic nitrogens is 1. The van der Waals surface area contributed by atoms with Crippen LogP contribution in [0.25, 0.3) is 5.76 Å². The van der Waals surface area contributed by atoms with E-state index in [-0.39, 0.29) is 11.3 Å². The van der Waals surface area contributed by atoms with E-state index in [0.29, 0.717) is 36.6 Å². The average molecular weight is 472 g/mol. The van der Waals surface area contributed by atoms with Crippen molar-refractivity contribution >= 4 is 17.4 Å². The van der Waals surface area contributed by atoms with Crippen LogP contribution in [0.2, 0.25) is 0 Å². The van der Waals surface area contributed by atoms with Gasteiger partial charge in [-0.2, -0.15) is 0 Å². The van der Waals surface area contributed by atoms with Gasteiger partial charge in [-0.25, -0.2) is 0 Å². The molecule has 1 aromatic heterocycles. The van der Waals surface area contributed by atoms with Crippen molar-refractivity contribution in [1.82, 2.24) is 14.8 Å². The van der Waals surface area contributed by atoms with Crippen molar-refractivity contribution in [2.24, 2.45) is 0 Å². The van der Waals surface area contributed by atoms with E-state index >= 15 is 0 Å². The average Bonchev–Trinajstić information content (AvgIpc) is 3.11. The topological polar surface area (TPSA) is 83.0 Å². The maximum Gasteiger partial charge on any atom is 0.295 e. The van der Waals surface area contributed by atoms with E-state index < -0.39 is 17.7 Å². The number of Topliss-reactive ketones (excluding diaryl/α,β-unsaturated/α-hetero) is 1. The molecular formula is C28H29N3O4. The second kappa shape index (κ2) is 10.5. The third kappa shape index (κ3) is 5.41. The first-order valence-corrected chi connectivity index (χ1v) is 11.5. The summed E-state index contributed by atoms with van der Waals surface area (Å²) in [7, 11) is 3.80. The number of ketones is 1. The predicted octanol–water partition coefficient (Wildman–Crippen LogP) is 3.95. The molecule has 1 aliphatic rings. The number of likely N-dealkylation sites (tertiary alicyclic amines) is 1. The number of benzene rings is 2. The highest BCUT2D eigenvalue weighted by Crippen LogP contribution is 2.39. The Hall–Kier alpha value is -3.97. The van der Waals surface area contributed by atoms with Gasteiger partial charge in [0.05, 0.1) is 11.6 Å². The molecule has 0 radical (unpaired) electrons. The Morgan fingerprint density at radius 2 is 1.86 bits per heavy atom. The fourth-order valence-electron chi connectivity index (χ4n) is 4.14. The van der Waals surface area contributed by atoms with E-state index in [4.69, 9.17) is 4.74 Å². The Morgan fingerprint density at radius 1 is 1.09 bits per heavy atom. The number of amides is 1. The summed E-state index contributed by atoms with van der Waals surface area (Å²) in [5.74, 6) is -0.900. The fourth-order valence-corrected chi connectivity index (χ4v) is 4.14. The van der Waals surface area contributed by atoms with Crippen LogP contribution in [0, 0.1) is 6.92 Å². The van der Waals surface area contributed by atoms with Gasteiger partial charge < -0.3 is 19.6 Å². The molecule has 2 aromatic carbocycles. The molecule has 1 unspecified atom stereocenters. The van der Waals surface area contributed by atoms with Gasteiger partial charge >= 0.3 is 0 Å². The minimum Gasteiger partial charge on any atom is -0.507 e. The molecule has 180 valence electrons. The SMILES string of the molecule is Cc1cccc(COc2ccc(C(O)=C3C(=O)C(=O)N(CCN(C)C)C3c3cccnc3)cc2)c1. The molecule has 1 N–H and O–H groups in total. The van der Waals surface area contributed by atoms with Gasteiger partial charge in [-0.3, -0.25) is 14.6 Å². The highest BCUT2D eigenvalue weighted by Gasteiger charge is 2.46. The molecule has 3 aromatic rings. The minimum atomic E-state index is -0.708. The van der Waals surface area contributed by atoms with Crippen LogP contribution < -0.4 is 4.74 Å². The van der Waals surface area contributed by atoms with Crippen LogP contribution in [0.5, 0.6) is 5.75 Å². The van der Waals surface area contributed by atoms with Gasteiger partial charge in [0.15, 0.2) is 0 Å². The van der Waals surface area contributed by atoms with Gasteiger partial charge in [-0.15, -0.1) is 0 Å². The van der Waals surface area contributed by atoms with Gasteiger partial charge in [0.1, 0.15) is 18.1 Å². The number of likely N-dealkylation sites (N-methyl/N-ethyl adjacent to an activating group) is 1. The summed E-state index contributed by atoms with van der Waals surface area (Å²) in [6.45, 7) is 3.38. The van der Waals surface area contributed by atoms with Crippen LogP contribution in [0.3, 0.4) is 0 Å². The van der Waals surface area contributed by atoms with Gasteiger partial charge in [0.2, 0.25) is 0 Å². The molecule has 1 saturated heterocycles. The molecule has 0 spiro atoms. The lowest BCUT2D eigenvalue weighted by Crippen LogP contribution is -2.35. The maximum absolute atomic E-state index is 13.0. The molecule has 35 heavy (non-hydrogen) atoms. The quantitative estimate of drug-likeness (QED) is 0.304. The van der Waals surface area contributed by atoms with E-state index in [0.717, 1.165) is 11.1 Å². The number of aliphatic hydroxyl groups is 1. The lowest BCUT2D eigenvalue weighted by Gasteiger charge is -2.26. The minimum absolute atomic E-state index is 0.0650. The number of nitrogens with zero attached hydrogens (tertiary/aromatic N) is 3. The molecule has 1 amide bonds. The van der Waals surface area contributed by atoms with E-state index in [9.17, 15) is 14.7 Å². The van der Waals surface area contributed by atoms with Crippen LogP contribution in [0.1, 0.15) is 28.3 Å². The normalized spacial score (nSPS) is 17.3. The lowest BCUT2D eigenvalue weighted by atomic mass is 9.96. The third-order valence-corrected chi connectivity index (χ3v) is 5.94. The number of carbonyl (C=O) groups is 2. The number of rotatable bonds is 8. The second-order valence-corrected chi connectivity index (χ2v) is 8.88. The fraction of sp³-hybridized carbons (Fsp3) is 0.250. The molecule has 1 aliphatic heterocycles. The summed E-state index contributed by atoms with van der Waals surface area (Å²) < 4.78 is 5.87. The summed E-state index contributed by atoms with van der Waals surface area (Å²) in [5.41, 5.74) is 3.40. The van der Waals surface area contributed by atoms with Gasteiger partial charge in [-0.05, 0) is 62.5 Å².